The maximum absolute atomic E-state index is 13.9. The van der Waals surface area contributed by atoms with E-state index in [4.69, 9.17) is 14.2 Å². The number of carbonyl (C=O) groups is 2. The molecule has 4 aromatic carbocycles. The number of nitrogens with one attached hydrogen (secondary N) is 2. The Kier molecular flexibility index (Phi) is 12.9. The zero-order chi connectivity index (χ0) is 36.4. The van der Waals surface area contributed by atoms with Gasteiger partial charge in [-0.15, -0.1) is 0 Å². The number of benzene rings is 4. The van der Waals surface area contributed by atoms with Gasteiger partial charge in [0.05, 0.1) is 25.6 Å². The highest BCUT2D eigenvalue weighted by atomic mass is 32.2. The summed E-state index contributed by atoms with van der Waals surface area (Å²) in [4.78, 5) is 31.3. The zero-order valence-electron chi connectivity index (χ0n) is 30.7. The van der Waals surface area contributed by atoms with Crippen molar-refractivity contribution in [2.45, 2.75) is 94.2 Å². The molecule has 4 aromatic rings. The first-order valence-electron chi connectivity index (χ1n) is 17.8. The molecule has 1 aliphatic heterocycles. The van der Waals surface area contributed by atoms with Crippen molar-refractivity contribution in [2.75, 3.05) is 25.7 Å². The Hall–Kier alpha value is -4.63. The van der Waals surface area contributed by atoms with E-state index in [-0.39, 0.29) is 12.5 Å². The molecular weight excluding hydrogens is 659 g/mol. The average Bonchev–Trinajstić information content (AvgIpc) is 3.11. The second kappa shape index (κ2) is 17.5. The highest BCUT2D eigenvalue weighted by molar-refractivity contribution is 7.99. The lowest BCUT2D eigenvalue weighted by molar-refractivity contribution is -0.123. The highest BCUT2D eigenvalue weighted by Gasteiger charge is 2.31. The summed E-state index contributed by atoms with van der Waals surface area (Å²) < 4.78 is 17.3. The van der Waals surface area contributed by atoms with E-state index in [9.17, 15) is 9.59 Å². The van der Waals surface area contributed by atoms with E-state index in [1.165, 1.54) is 23.2 Å². The Morgan fingerprint density at radius 1 is 0.863 bits per heavy atom. The lowest BCUT2D eigenvalue weighted by Gasteiger charge is -2.36. The molecule has 0 fully saturated rings. The van der Waals surface area contributed by atoms with E-state index in [1.807, 2.05) is 42.5 Å². The molecular formula is C42H51N3O5S. The number of unbranched alkanes of at least 4 members (excludes halogenated alkanes) is 3. The molecule has 2 amide bonds. The van der Waals surface area contributed by atoms with E-state index in [1.54, 1.807) is 46.8 Å². The smallest absolute Gasteiger partial charge is 0.408 e. The van der Waals surface area contributed by atoms with Crippen LogP contribution in [-0.2, 0) is 28.9 Å². The van der Waals surface area contributed by atoms with Gasteiger partial charge in [-0.3, -0.25) is 4.79 Å². The summed E-state index contributed by atoms with van der Waals surface area (Å²) in [7, 11) is 3.36. The van der Waals surface area contributed by atoms with Crippen LogP contribution in [0.5, 0.6) is 11.5 Å². The molecule has 5 rings (SSSR count). The number of carbonyl (C=O) groups excluding carboxylic acids is 2. The fourth-order valence-electron chi connectivity index (χ4n) is 6.34. The van der Waals surface area contributed by atoms with Crippen molar-refractivity contribution in [1.82, 2.24) is 10.6 Å². The van der Waals surface area contributed by atoms with E-state index >= 15 is 0 Å². The number of ether oxygens (including phenoxy) is 3. The van der Waals surface area contributed by atoms with Crippen LogP contribution in [0.25, 0.3) is 0 Å². The van der Waals surface area contributed by atoms with Gasteiger partial charge in [0.15, 0.2) is 0 Å². The van der Waals surface area contributed by atoms with E-state index in [0.29, 0.717) is 12.2 Å². The Morgan fingerprint density at radius 3 is 2.22 bits per heavy atom. The number of fused-ring (bicyclic) bond motifs is 2. The normalized spacial score (nSPS) is 12.7. The first-order chi connectivity index (χ1) is 24.6. The summed E-state index contributed by atoms with van der Waals surface area (Å²) in [5, 5.41) is 5.94. The van der Waals surface area contributed by atoms with Gasteiger partial charge in [-0.05, 0) is 74.6 Å². The lowest BCUT2D eigenvalue weighted by Crippen LogP contribution is -2.49. The van der Waals surface area contributed by atoms with Crippen molar-refractivity contribution in [3.8, 4) is 11.5 Å². The van der Waals surface area contributed by atoms with Crippen LogP contribution in [-0.4, -0.2) is 44.4 Å². The number of anilines is 2. The maximum Gasteiger partial charge on any atom is 0.408 e. The zero-order valence-corrected chi connectivity index (χ0v) is 31.5. The monoisotopic (exact) mass is 709 g/mol. The first kappa shape index (κ1) is 37.6. The third kappa shape index (κ3) is 10.0. The molecule has 8 nitrogen and oxygen atoms in total. The number of rotatable bonds is 15. The van der Waals surface area contributed by atoms with E-state index in [2.05, 4.69) is 64.9 Å². The number of alkyl carbamates (subject to hydrolysis) is 1. The summed E-state index contributed by atoms with van der Waals surface area (Å²) in [5.41, 5.74) is 5.81. The molecule has 2 N–H and O–H groups in total. The maximum atomic E-state index is 13.9. The van der Waals surface area contributed by atoms with Crippen molar-refractivity contribution in [3.63, 3.8) is 0 Å². The minimum absolute atomic E-state index is 0.208. The van der Waals surface area contributed by atoms with Gasteiger partial charge in [-0.1, -0.05) is 98.6 Å². The van der Waals surface area contributed by atoms with Crippen LogP contribution in [0.4, 0.5) is 16.2 Å². The molecule has 0 unspecified atom stereocenters. The van der Waals surface area contributed by atoms with Gasteiger partial charge in [0, 0.05) is 34.9 Å². The topological polar surface area (TPSA) is 89.1 Å². The highest BCUT2D eigenvalue weighted by Crippen LogP contribution is 2.54. The number of hydrogen-bond acceptors (Lipinski definition) is 7. The quantitative estimate of drug-likeness (QED) is 0.119. The largest absolute Gasteiger partial charge is 0.497 e. The third-order valence-electron chi connectivity index (χ3n) is 8.75. The summed E-state index contributed by atoms with van der Waals surface area (Å²) >= 11 is 1.68. The molecule has 1 aliphatic rings. The van der Waals surface area contributed by atoms with Crippen LogP contribution in [0, 0.1) is 0 Å². The molecule has 0 bridgehead atoms. The van der Waals surface area contributed by atoms with Gasteiger partial charge in [-0.25, -0.2) is 4.79 Å². The Labute approximate surface area is 307 Å². The minimum atomic E-state index is -0.846. The van der Waals surface area contributed by atoms with Gasteiger partial charge in [0.1, 0.15) is 23.1 Å². The van der Waals surface area contributed by atoms with Crippen LogP contribution in [0.1, 0.15) is 75.6 Å². The number of hydrogen-bond donors (Lipinski definition) is 2. The molecule has 0 aromatic heterocycles. The van der Waals surface area contributed by atoms with Crippen LogP contribution in [0.15, 0.2) is 94.7 Å². The van der Waals surface area contributed by atoms with Crippen LogP contribution in [0.3, 0.4) is 0 Å². The van der Waals surface area contributed by atoms with Crippen LogP contribution in [0.2, 0.25) is 0 Å². The summed E-state index contributed by atoms with van der Waals surface area (Å²) in [5.74, 6) is 1.17. The van der Waals surface area contributed by atoms with Crippen LogP contribution < -0.4 is 25.0 Å². The van der Waals surface area contributed by atoms with Gasteiger partial charge >= 0.3 is 6.09 Å². The minimum Gasteiger partial charge on any atom is -0.497 e. The predicted octanol–water partition coefficient (Wildman–Crippen LogP) is 9.23. The van der Waals surface area contributed by atoms with Crippen molar-refractivity contribution in [3.05, 3.63) is 107 Å². The standard InChI is InChI=1S/C42H51N3O5S/c1-7-8-9-16-23-45-35-21-22-36(49-6)33(28-43-40(46)34(25-30-19-14-11-15-20-30)44-41(47)50-42(2,3)4)39(35)51-37-27-32(48-5)26-31(38(37)45)24-29-17-12-10-13-18-29/h10-15,17-22,26-27,34H,7-9,16,23-25,28H2,1-6H3,(H,43,46)(H,44,47)/t34-/m0/s1. The molecule has 270 valence electrons. The Bertz CT molecular complexity index is 1780. The molecule has 1 atom stereocenters. The van der Waals surface area contributed by atoms with Gasteiger partial charge in [0.25, 0.3) is 0 Å². The number of amides is 2. The Morgan fingerprint density at radius 2 is 1.57 bits per heavy atom. The number of nitrogens with zero attached hydrogens (tertiary/aromatic N) is 1. The molecule has 1 heterocycles. The van der Waals surface area contributed by atoms with Crippen molar-refractivity contribution in [1.29, 1.82) is 0 Å². The summed E-state index contributed by atoms with van der Waals surface area (Å²) in [6, 6.07) is 27.7. The molecule has 51 heavy (non-hydrogen) atoms. The van der Waals surface area contributed by atoms with Gasteiger partial charge < -0.3 is 29.7 Å². The molecule has 0 saturated heterocycles. The molecule has 0 aliphatic carbocycles. The Balaban J connectivity index is 1.49. The van der Waals surface area contributed by atoms with Crippen molar-refractivity contribution >= 4 is 35.1 Å². The third-order valence-corrected chi connectivity index (χ3v) is 9.95. The fourth-order valence-corrected chi connectivity index (χ4v) is 7.65. The summed E-state index contributed by atoms with van der Waals surface area (Å²) in [6.07, 6.45) is 4.98. The average molecular weight is 710 g/mol. The molecule has 0 radical (unpaired) electrons. The van der Waals surface area contributed by atoms with E-state index < -0.39 is 17.7 Å². The first-order valence-corrected chi connectivity index (χ1v) is 18.6. The molecule has 0 saturated carbocycles. The molecule has 0 spiro atoms. The van der Waals surface area contributed by atoms with Gasteiger partial charge in [-0.2, -0.15) is 0 Å². The fraction of sp³-hybridized carbons (Fsp3) is 0.381. The second-order valence-corrected chi connectivity index (χ2v) is 14.9. The second-order valence-electron chi connectivity index (χ2n) is 13.8. The van der Waals surface area contributed by atoms with Gasteiger partial charge in [0.2, 0.25) is 5.91 Å². The van der Waals surface area contributed by atoms with Crippen LogP contribution >= 0.6 is 11.8 Å². The lowest BCUT2D eigenvalue weighted by atomic mass is 10.0. The SMILES string of the molecule is CCCCCCN1c2ccc(OC)c(CNC(=O)[C@H](Cc3ccccc3)NC(=O)OC(C)(C)C)c2Sc2cc(OC)cc(Cc3ccccc3)c21. The molecule has 9 heteroatoms. The summed E-state index contributed by atoms with van der Waals surface area (Å²) in [6.45, 7) is 8.68. The predicted molar refractivity (Wildman–Crippen MR) is 206 cm³/mol. The van der Waals surface area contributed by atoms with Crippen molar-refractivity contribution < 1.29 is 23.8 Å². The van der Waals surface area contributed by atoms with E-state index in [0.717, 1.165) is 64.6 Å². The van der Waals surface area contributed by atoms with Crippen molar-refractivity contribution in [2.24, 2.45) is 0 Å². The number of methoxy groups -OCH3 is 2.